The summed E-state index contributed by atoms with van der Waals surface area (Å²) in [5, 5.41) is 5.84. The molecule has 1 saturated carbocycles. The average Bonchev–Trinajstić information content (AvgIpc) is 3.22. The van der Waals surface area contributed by atoms with E-state index in [0.717, 1.165) is 19.3 Å². The number of carbonyl (C=O) groups is 2. The summed E-state index contributed by atoms with van der Waals surface area (Å²) >= 11 is 0. The predicted molar refractivity (Wildman–Crippen MR) is 91.4 cm³/mol. The second-order valence-electron chi connectivity index (χ2n) is 6.28. The highest BCUT2D eigenvalue weighted by Gasteiger charge is 2.29. The number of benzene rings is 1. The van der Waals surface area contributed by atoms with Crippen LogP contribution in [0, 0.1) is 5.92 Å². The highest BCUT2D eigenvalue weighted by Crippen LogP contribution is 2.31. The summed E-state index contributed by atoms with van der Waals surface area (Å²) < 4.78 is 5.34. The Balaban J connectivity index is 1.80. The number of rotatable bonds is 5. The van der Waals surface area contributed by atoms with E-state index in [1.54, 1.807) is 30.2 Å². The quantitative estimate of drug-likeness (QED) is 0.752. The zero-order chi connectivity index (χ0) is 17.1. The molecule has 2 aliphatic rings. The molecule has 1 aromatic carbocycles. The van der Waals surface area contributed by atoms with E-state index in [2.05, 4.69) is 10.6 Å². The number of anilines is 1. The van der Waals surface area contributed by atoms with Gasteiger partial charge in [-0.3, -0.25) is 9.69 Å². The van der Waals surface area contributed by atoms with E-state index in [4.69, 9.17) is 10.5 Å². The second kappa shape index (κ2) is 7.09. The van der Waals surface area contributed by atoms with Gasteiger partial charge in [0.2, 0.25) is 0 Å². The van der Waals surface area contributed by atoms with Crippen molar-refractivity contribution in [1.29, 1.82) is 0 Å². The number of amides is 3. The molecule has 2 atom stereocenters. The van der Waals surface area contributed by atoms with E-state index in [9.17, 15) is 9.59 Å². The summed E-state index contributed by atoms with van der Waals surface area (Å²) in [5.74, 6) is 0.782. The summed E-state index contributed by atoms with van der Waals surface area (Å²) in [6.45, 7) is 1.73. The molecule has 7 nitrogen and oxygen atoms in total. The van der Waals surface area contributed by atoms with Gasteiger partial charge in [-0.2, -0.15) is 0 Å². The van der Waals surface area contributed by atoms with Crippen molar-refractivity contribution < 1.29 is 14.3 Å². The fourth-order valence-corrected chi connectivity index (χ4v) is 3.50. The highest BCUT2D eigenvalue weighted by molar-refractivity contribution is 6.00. The molecule has 3 rings (SSSR count). The molecule has 1 aromatic rings. The molecule has 0 bridgehead atoms. The molecular weight excluding hydrogens is 308 g/mol. The fourth-order valence-electron chi connectivity index (χ4n) is 3.50. The highest BCUT2D eigenvalue weighted by atomic mass is 16.5. The van der Waals surface area contributed by atoms with Crippen LogP contribution in [0.5, 0.6) is 5.75 Å². The predicted octanol–water partition coefficient (Wildman–Crippen LogP) is 1.08. The van der Waals surface area contributed by atoms with Crippen LogP contribution in [0.25, 0.3) is 0 Å². The third-order valence-corrected chi connectivity index (χ3v) is 4.87. The molecule has 0 unspecified atom stereocenters. The molecule has 3 amide bonds. The zero-order valence-corrected chi connectivity index (χ0v) is 13.9. The Bertz CT molecular complexity index is 634. The minimum absolute atomic E-state index is 0.128. The number of urea groups is 1. The summed E-state index contributed by atoms with van der Waals surface area (Å²) in [6.07, 6.45) is 3.11. The molecule has 0 aromatic heterocycles. The first kappa shape index (κ1) is 16.6. The normalized spacial score (nSPS) is 23.2. The van der Waals surface area contributed by atoms with Crippen molar-refractivity contribution in [3.8, 4) is 5.75 Å². The van der Waals surface area contributed by atoms with Crippen molar-refractivity contribution in [1.82, 2.24) is 10.6 Å². The van der Waals surface area contributed by atoms with E-state index in [1.165, 1.54) is 0 Å². The topological polar surface area (TPSA) is 96.7 Å². The van der Waals surface area contributed by atoms with E-state index >= 15 is 0 Å². The number of hydrogen-bond acceptors (Lipinski definition) is 4. The molecular formula is C17H24N4O3. The number of methoxy groups -OCH3 is 1. The fraction of sp³-hybridized carbons (Fsp3) is 0.529. The summed E-state index contributed by atoms with van der Waals surface area (Å²) in [6, 6.07) is 5.11. The minimum Gasteiger partial charge on any atom is -0.495 e. The summed E-state index contributed by atoms with van der Waals surface area (Å²) in [5.41, 5.74) is 6.91. The molecule has 1 saturated heterocycles. The van der Waals surface area contributed by atoms with Crippen molar-refractivity contribution in [2.75, 3.05) is 31.6 Å². The molecule has 130 valence electrons. The van der Waals surface area contributed by atoms with E-state index in [-0.39, 0.29) is 18.0 Å². The van der Waals surface area contributed by atoms with Crippen LogP contribution in [0.1, 0.15) is 29.6 Å². The molecule has 4 N–H and O–H groups in total. The molecule has 2 fully saturated rings. The van der Waals surface area contributed by atoms with E-state index in [0.29, 0.717) is 42.6 Å². The van der Waals surface area contributed by atoms with Crippen LogP contribution in [0.3, 0.4) is 0 Å². The van der Waals surface area contributed by atoms with Crippen molar-refractivity contribution in [3.63, 3.8) is 0 Å². The van der Waals surface area contributed by atoms with Gasteiger partial charge in [0, 0.05) is 24.7 Å². The van der Waals surface area contributed by atoms with Gasteiger partial charge < -0.3 is 21.1 Å². The van der Waals surface area contributed by atoms with Crippen LogP contribution in [0.2, 0.25) is 0 Å². The molecule has 1 aliphatic heterocycles. The van der Waals surface area contributed by atoms with Crippen molar-refractivity contribution in [2.24, 2.45) is 11.7 Å². The van der Waals surface area contributed by atoms with Gasteiger partial charge in [-0.1, -0.05) is 6.42 Å². The number of nitrogens with zero attached hydrogens (tertiary/aromatic N) is 1. The lowest BCUT2D eigenvalue weighted by atomic mass is 10.0. The van der Waals surface area contributed by atoms with Crippen LogP contribution >= 0.6 is 0 Å². The van der Waals surface area contributed by atoms with Crippen LogP contribution in [-0.2, 0) is 0 Å². The van der Waals surface area contributed by atoms with Crippen LogP contribution in [-0.4, -0.2) is 44.7 Å². The Labute approximate surface area is 141 Å². The Kier molecular flexibility index (Phi) is 4.89. The van der Waals surface area contributed by atoms with Crippen LogP contribution in [0.4, 0.5) is 10.5 Å². The van der Waals surface area contributed by atoms with Crippen LogP contribution < -0.4 is 26.0 Å². The van der Waals surface area contributed by atoms with Gasteiger partial charge in [0.15, 0.2) is 0 Å². The lowest BCUT2D eigenvalue weighted by Crippen LogP contribution is -2.40. The van der Waals surface area contributed by atoms with Gasteiger partial charge in [0.1, 0.15) is 5.75 Å². The third kappa shape index (κ3) is 3.17. The van der Waals surface area contributed by atoms with Crippen LogP contribution in [0.15, 0.2) is 18.2 Å². The lowest BCUT2D eigenvalue weighted by molar-refractivity contribution is 0.0928. The number of nitrogens with one attached hydrogen (secondary N) is 2. The van der Waals surface area contributed by atoms with Gasteiger partial charge in [0.25, 0.3) is 5.91 Å². The van der Waals surface area contributed by atoms with Gasteiger partial charge in [0.05, 0.1) is 12.8 Å². The van der Waals surface area contributed by atoms with Gasteiger partial charge in [-0.25, -0.2) is 4.79 Å². The molecule has 24 heavy (non-hydrogen) atoms. The maximum absolute atomic E-state index is 12.6. The van der Waals surface area contributed by atoms with Gasteiger partial charge in [-0.05, 0) is 43.5 Å². The Hall–Kier alpha value is -2.28. The first-order valence-electron chi connectivity index (χ1n) is 8.38. The summed E-state index contributed by atoms with van der Waals surface area (Å²) in [7, 11) is 1.55. The maximum Gasteiger partial charge on any atom is 0.322 e. The van der Waals surface area contributed by atoms with Crippen molar-refractivity contribution in [2.45, 2.75) is 25.3 Å². The molecule has 1 aliphatic carbocycles. The third-order valence-electron chi connectivity index (χ3n) is 4.87. The largest absolute Gasteiger partial charge is 0.495 e. The number of ether oxygens (including phenoxy) is 1. The van der Waals surface area contributed by atoms with Gasteiger partial charge in [-0.15, -0.1) is 0 Å². The molecule has 1 heterocycles. The number of carbonyl (C=O) groups excluding carboxylic acids is 2. The first-order chi connectivity index (χ1) is 11.6. The number of hydrogen-bond donors (Lipinski definition) is 3. The standard InChI is InChI=1S/C17H24N4O3/c1-24-15-6-5-11(9-14(15)21-8-7-19-17(21)23)16(22)20-13-4-2-3-12(13)10-18/h5-6,9,12-13H,2-4,7-8,10,18H2,1H3,(H,19,23)(H,20,22)/t12-,13+/m1/s1. The average molecular weight is 332 g/mol. The molecule has 0 radical (unpaired) electrons. The van der Waals surface area contributed by atoms with Crippen molar-refractivity contribution >= 4 is 17.6 Å². The smallest absolute Gasteiger partial charge is 0.322 e. The first-order valence-corrected chi connectivity index (χ1v) is 8.38. The lowest BCUT2D eigenvalue weighted by Gasteiger charge is -2.21. The molecule has 0 spiro atoms. The number of nitrogens with two attached hydrogens (primary N) is 1. The Morgan fingerprint density at radius 1 is 1.46 bits per heavy atom. The second-order valence-corrected chi connectivity index (χ2v) is 6.28. The monoisotopic (exact) mass is 332 g/mol. The van der Waals surface area contributed by atoms with E-state index < -0.39 is 0 Å². The maximum atomic E-state index is 12.6. The Morgan fingerprint density at radius 2 is 2.29 bits per heavy atom. The SMILES string of the molecule is COc1ccc(C(=O)N[C@H]2CCC[C@@H]2CN)cc1N1CCNC1=O. The van der Waals surface area contributed by atoms with Gasteiger partial charge >= 0.3 is 6.03 Å². The minimum atomic E-state index is -0.176. The zero-order valence-electron chi connectivity index (χ0n) is 13.9. The summed E-state index contributed by atoms with van der Waals surface area (Å²) in [4.78, 5) is 26.1. The van der Waals surface area contributed by atoms with Crippen molar-refractivity contribution in [3.05, 3.63) is 23.8 Å². The van der Waals surface area contributed by atoms with E-state index in [1.807, 2.05) is 0 Å². The Morgan fingerprint density at radius 3 is 2.96 bits per heavy atom. The molecule has 7 heteroatoms.